The first-order chi connectivity index (χ1) is 15.9. The summed E-state index contributed by atoms with van der Waals surface area (Å²) < 4.78 is 16.2. The van der Waals surface area contributed by atoms with Crippen molar-refractivity contribution < 1.29 is 19.0 Å². The third-order valence-corrected chi connectivity index (χ3v) is 6.28. The number of nitrogens with one attached hydrogen (secondary N) is 2. The van der Waals surface area contributed by atoms with Crippen LogP contribution in [-0.2, 0) is 0 Å². The third-order valence-electron chi connectivity index (χ3n) is 6.28. The van der Waals surface area contributed by atoms with Gasteiger partial charge >= 0.3 is 0 Å². The number of imidazole rings is 1. The van der Waals surface area contributed by atoms with Gasteiger partial charge in [-0.2, -0.15) is 0 Å². The SMILES string of the molecule is COc1cc(OC)c(C(=O)Nc2cc3[nH]c(C4CCCCC4)nc3cc2N(C)C)c(OC)c1. The van der Waals surface area contributed by atoms with E-state index in [0.717, 1.165) is 22.5 Å². The highest BCUT2D eigenvalue weighted by Crippen LogP contribution is 2.37. The number of fused-ring (bicyclic) bond motifs is 1. The minimum atomic E-state index is -0.333. The van der Waals surface area contributed by atoms with Crippen molar-refractivity contribution in [2.45, 2.75) is 38.0 Å². The lowest BCUT2D eigenvalue weighted by atomic mass is 9.89. The molecule has 1 saturated carbocycles. The number of carbonyl (C=O) groups is 1. The molecule has 1 aliphatic carbocycles. The van der Waals surface area contributed by atoms with Crippen LogP contribution in [-0.4, -0.2) is 51.3 Å². The number of methoxy groups -OCH3 is 3. The van der Waals surface area contributed by atoms with Gasteiger partial charge in [-0.15, -0.1) is 0 Å². The van der Waals surface area contributed by atoms with Gasteiger partial charge < -0.3 is 29.4 Å². The quantitative estimate of drug-likeness (QED) is 0.527. The number of ether oxygens (including phenoxy) is 3. The summed E-state index contributed by atoms with van der Waals surface area (Å²) >= 11 is 0. The highest BCUT2D eigenvalue weighted by atomic mass is 16.5. The van der Waals surface area contributed by atoms with Crippen LogP contribution in [0, 0.1) is 0 Å². The van der Waals surface area contributed by atoms with Crippen molar-refractivity contribution in [1.29, 1.82) is 0 Å². The van der Waals surface area contributed by atoms with Gasteiger partial charge in [-0.05, 0) is 25.0 Å². The number of benzene rings is 2. The molecule has 1 heterocycles. The molecule has 0 bridgehead atoms. The normalized spacial score (nSPS) is 14.2. The predicted octanol–water partition coefficient (Wildman–Crippen LogP) is 4.95. The molecular formula is C25H32N4O4. The Morgan fingerprint density at radius 2 is 1.67 bits per heavy atom. The van der Waals surface area contributed by atoms with Crippen LogP contribution in [0.15, 0.2) is 24.3 Å². The molecule has 0 aliphatic heterocycles. The standard InChI is InChI=1S/C25H32N4O4/c1-29(2)20-14-18-17(26-24(27-18)15-9-7-6-8-10-15)13-19(20)28-25(30)23-21(32-4)11-16(31-3)12-22(23)33-5/h11-15H,6-10H2,1-5H3,(H,26,27)(H,28,30). The maximum absolute atomic E-state index is 13.4. The molecule has 3 aromatic rings. The molecule has 176 valence electrons. The number of hydrogen-bond acceptors (Lipinski definition) is 6. The van der Waals surface area contributed by atoms with E-state index in [1.54, 1.807) is 19.2 Å². The van der Waals surface area contributed by atoms with Gasteiger partial charge in [0, 0.05) is 32.1 Å². The highest BCUT2D eigenvalue weighted by Gasteiger charge is 2.23. The number of rotatable bonds is 7. The zero-order valence-electron chi connectivity index (χ0n) is 19.9. The highest BCUT2D eigenvalue weighted by molar-refractivity contribution is 6.10. The number of aromatic amines is 1. The molecule has 0 saturated heterocycles. The molecule has 1 amide bonds. The molecule has 0 radical (unpaired) electrons. The maximum atomic E-state index is 13.4. The summed E-state index contributed by atoms with van der Waals surface area (Å²) in [6.07, 6.45) is 6.13. The molecule has 1 aliphatic rings. The Morgan fingerprint density at radius 3 is 2.24 bits per heavy atom. The van der Waals surface area contributed by atoms with Crippen LogP contribution in [0.5, 0.6) is 17.2 Å². The zero-order chi connectivity index (χ0) is 23.5. The van der Waals surface area contributed by atoms with Gasteiger partial charge in [0.15, 0.2) is 0 Å². The lowest BCUT2D eigenvalue weighted by Gasteiger charge is -2.19. The number of carbonyl (C=O) groups excluding carboxylic acids is 1. The number of aromatic nitrogens is 2. The van der Waals surface area contributed by atoms with Crippen molar-refractivity contribution in [3.63, 3.8) is 0 Å². The van der Waals surface area contributed by atoms with Crippen molar-refractivity contribution in [3.8, 4) is 17.2 Å². The summed E-state index contributed by atoms with van der Waals surface area (Å²) in [5.41, 5.74) is 3.65. The van der Waals surface area contributed by atoms with Crippen molar-refractivity contribution in [2.75, 3.05) is 45.6 Å². The van der Waals surface area contributed by atoms with E-state index in [0.29, 0.717) is 34.4 Å². The van der Waals surface area contributed by atoms with Gasteiger partial charge in [0.05, 0.1) is 43.7 Å². The zero-order valence-corrected chi connectivity index (χ0v) is 19.9. The Kier molecular flexibility index (Phi) is 6.62. The average molecular weight is 453 g/mol. The van der Waals surface area contributed by atoms with E-state index in [-0.39, 0.29) is 5.91 Å². The molecule has 0 spiro atoms. The van der Waals surface area contributed by atoms with E-state index in [1.165, 1.54) is 46.3 Å². The van der Waals surface area contributed by atoms with Gasteiger partial charge in [-0.3, -0.25) is 4.79 Å². The van der Waals surface area contributed by atoms with Crippen LogP contribution in [0.25, 0.3) is 11.0 Å². The monoisotopic (exact) mass is 452 g/mol. The number of nitrogens with zero attached hydrogens (tertiary/aromatic N) is 2. The predicted molar refractivity (Wildman–Crippen MR) is 130 cm³/mol. The summed E-state index contributed by atoms with van der Waals surface area (Å²) in [7, 11) is 8.47. The number of hydrogen-bond donors (Lipinski definition) is 2. The summed E-state index contributed by atoms with van der Waals surface area (Å²) in [6.45, 7) is 0. The maximum Gasteiger partial charge on any atom is 0.263 e. The van der Waals surface area contributed by atoms with E-state index >= 15 is 0 Å². The molecule has 33 heavy (non-hydrogen) atoms. The summed E-state index contributed by atoms with van der Waals surface area (Å²) in [4.78, 5) is 23.7. The fourth-order valence-electron chi connectivity index (χ4n) is 4.52. The van der Waals surface area contributed by atoms with Crippen LogP contribution < -0.4 is 24.4 Å². The van der Waals surface area contributed by atoms with Gasteiger partial charge in [0.2, 0.25) is 0 Å². The molecule has 0 atom stereocenters. The number of H-pyrrole nitrogens is 1. The molecule has 8 nitrogen and oxygen atoms in total. The molecule has 1 aromatic heterocycles. The summed E-state index contributed by atoms with van der Waals surface area (Å²) in [5, 5.41) is 3.05. The molecule has 8 heteroatoms. The Labute approximate surface area is 194 Å². The first kappa shape index (κ1) is 22.8. The lowest BCUT2D eigenvalue weighted by molar-refractivity contribution is 0.102. The second-order valence-electron chi connectivity index (χ2n) is 8.60. The molecule has 4 rings (SSSR count). The van der Waals surface area contributed by atoms with Crippen LogP contribution in [0.1, 0.15) is 54.2 Å². The smallest absolute Gasteiger partial charge is 0.263 e. The Bertz CT molecular complexity index is 1120. The third kappa shape index (κ3) is 4.55. The van der Waals surface area contributed by atoms with Gasteiger partial charge in [0.1, 0.15) is 28.6 Å². The summed E-state index contributed by atoms with van der Waals surface area (Å²) in [5.74, 6) is 2.47. The number of anilines is 2. The second-order valence-corrected chi connectivity index (χ2v) is 8.60. The van der Waals surface area contributed by atoms with Crippen molar-refractivity contribution in [2.24, 2.45) is 0 Å². The van der Waals surface area contributed by atoms with Crippen LogP contribution in [0.2, 0.25) is 0 Å². The van der Waals surface area contributed by atoms with Crippen molar-refractivity contribution in [3.05, 3.63) is 35.7 Å². The first-order valence-corrected chi connectivity index (χ1v) is 11.3. The van der Waals surface area contributed by atoms with E-state index in [9.17, 15) is 4.79 Å². The van der Waals surface area contributed by atoms with Crippen LogP contribution in [0.4, 0.5) is 11.4 Å². The lowest BCUT2D eigenvalue weighted by Crippen LogP contribution is -2.18. The minimum Gasteiger partial charge on any atom is -0.496 e. The largest absolute Gasteiger partial charge is 0.496 e. The molecule has 1 fully saturated rings. The van der Waals surface area contributed by atoms with Crippen molar-refractivity contribution in [1.82, 2.24) is 9.97 Å². The molecule has 2 N–H and O–H groups in total. The molecule has 0 unspecified atom stereocenters. The van der Waals surface area contributed by atoms with E-state index in [4.69, 9.17) is 19.2 Å². The summed E-state index contributed by atoms with van der Waals surface area (Å²) in [6, 6.07) is 7.29. The van der Waals surface area contributed by atoms with Crippen LogP contribution in [0.3, 0.4) is 0 Å². The van der Waals surface area contributed by atoms with Gasteiger partial charge in [-0.1, -0.05) is 19.3 Å². The van der Waals surface area contributed by atoms with E-state index in [2.05, 4.69) is 10.3 Å². The average Bonchev–Trinajstić information content (AvgIpc) is 3.26. The Balaban J connectivity index is 1.72. The fourth-order valence-corrected chi connectivity index (χ4v) is 4.52. The minimum absolute atomic E-state index is 0.304. The topological polar surface area (TPSA) is 88.7 Å². The van der Waals surface area contributed by atoms with Crippen molar-refractivity contribution >= 4 is 28.3 Å². The van der Waals surface area contributed by atoms with Gasteiger partial charge in [-0.25, -0.2) is 4.98 Å². The van der Waals surface area contributed by atoms with E-state index < -0.39 is 0 Å². The van der Waals surface area contributed by atoms with E-state index in [1.807, 2.05) is 31.1 Å². The molecular weight excluding hydrogens is 420 g/mol. The Morgan fingerprint density at radius 1 is 1.00 bits per heavy atom. The van der Waals surface area contributed by atoms with Crippen LogP contribution >= 0.6 is 0 Å². The second kappa shape index (κ2) is 9.60. The number of amides is 1. The Hall–Kier alpha value is -3.42. The van der Waals surface area contributed by atoms with Gasteiger partial charge in [0.25, 0.3) is 5.91 Å². The molecule has 2 aromatic carbocycles. The fraction of sp³-hybridized carbons (Fsp3) is 0.440. The first-order valence-electron chi connectivity index (χ1n) is 11.3.